The SMILES string of the molecule is CCCCCCCCCCOC(=O)CCCCCCCCC(=O)OCCc1ccc(Cl)cc1. The molecule has 0 bridgehead atoms. The third kappa shape index (κ3) is 18.6. The van der Waals surface area contributed by atoms with Gasteiger partial charge in [-0.15, -0.1) is 0 Å². The lowest BCUT2D eigenvalue weighted by atomic mass is 10.1. The molecule has 0 unspecified atom stereocenters. The topological polar surface area (TPSA) is 52.6 Å². The molecule has 1 aromatic rings. The van der Waals surface area contributed by atoms with Crippen LogP contribution >= 0.6 is 11.6 Å². The van der Waals surface area contributed by atoms with Gasteiger partial charge >= 0.3 is 11.9 Å². The molecular formula is C28H45ClO4. The van der Waals surface area contributed by atoms with Crippen LogP contribution in [0.4, 0.5) is 0 Å². The highest BCUT2D eigenvalue weighted by molar-refractivity contribution is 6.30. The predicted molar refractivity (Wildman–Crippen MR) is 137 cm³/mol. The Balaban J connectivity index is 1.82. The first-order chi connectivity index (χ1) is 16.1. The van der Waals surface area contributed by atoms with Crippen LogP contribution in [-0.4, -0.2) is 25.2 Å². The number of rotatable bonds is 21. The summed E-state index contributed by atoms with van der Waals surface area (Å²) in [5.74, 6) is -0.178. The maximum absolute atomic E-state index is 11.8. The van der Waals surface area contributed by atoms with Crippen LogP contribution in [0.3, 0.4) is 0 Å². The smallest absolute Gasteiger partial charge is 0.305 e. The predicted octanol–water partition coefficient (Wildman–Crippen LogP) is 8.23. The first-order valence-corrected chi connectivity index (χ1v) is 13.5. The van der Waals surface area contributed by atoms with E-state index in [-0.39, 0.29) is 11.9 Å². The molecule has 0 spiro atoms. The van der Waals surface area contributed by atoms with Crippen LogP contribution in [-0.2, 0) is 25.5 Å². The standard InChI is InChI=1S/C28H45ClO4/c1-2-3-4-5-6-9-12-15-23-32-27(30)16-13-10-7-8-11-14-17-28(31)33-24-22-25-18-20-26(29)21-19-25/h18-21H,2-17,22-24H2,1H3. The number of unbranched alkanes of at least 4 members (excludes halogenated alkanes) is 12. The Hall–Kier alpha value is -1.55. The number of halogens is 1. The molecule has 0 aliphatic rings. The highest BCUT2D eigenvalue weighted by Crippen LogP contribution is 2.12. The summed E-state index contributed by atoms with van der Waals surface area (Å²) in [6.07, 6.45) is 17.7. The van der Waals surface area contributed by atoms with Crippen LogP contribution in [0.1, 0.15) is 115 Å². The van der Waals surface area contributed by atoms with Gasteiger partial charge in [0.25, 0.3) is 0 Å². The molecule has 188 valence electrons. The summed E-state index contributed by atoms with van der Waals surface area (Å²) in [5.41, 5.74) is 1.12. The van der Waals surface area contributed by atoms with Gasteiger partial charge in [0.2, 0.25) is 0 Å². The summed E-state index contributed by atoms with van der Waals surface area (Å²) in [4.78, 5) is 23.6. The van der Waals surface area contributed by atoms with E-state index in [1.54, 1.807) is 0 Å². The van der Waals surface area contributed by atoms with Crippen LogP contribution in [0.2, 0.25) is 5.02 Å². The van der Waals surface area contributed by atoms with Gasteiger partial charge in [-0.25, -0.2) is 0 Å². The van der Waals surface area contributed by atoms with Crippen LogP contribution in [0, 0.1) is 0 Å². The fourth-order valence-electron chi connectivity index (χ4n) is 3.75. The maximum atomic E-state index is 11.8. The van der Waals surface area contributed by atoms with Gasteiger partial charge in [0.1, 0.15) is 0 Å². The van der Waals surface area contributed by atoms with E-state index < -0.39 is 0 Å². The Morgan fingerprint density at radius 3 is 1.64 bits per heavy atom. The second kappa shape index (κ2) is 21.0. The number of hydrogen-bond donors (Lipinski definition) is 0. The Labute approximate surface area is 206 Å². The Kier molecular flexibility index (Phi) is 18.8. The lowest BCUT2D eigenvalue weighted by Crippen LogP contribution is -2.07. The van der Waals surface area contributed by atoms with Gasteiger partial charge < -0.3 is 9.47 Å². The van der Waals surface area contributed by atoms with Crippen LogP contribution in [0.15, 0.2) is 24.3 Å². The van der Waals surface area contributed by atoms with E-state index in [2.05, 4.69) is 6.92 Å². The van der Waals surface area contributed by atoms with Crippen molar-refractivity contribution in [3.8, 4) is 0 Å². The highest BCUT2D eigenvalue weighted by Gasteiger charge is 2.05. The summed E-state index contributed by atoms with van der Waals surface area (Å²) >= 11 is 5.86. The van der Waals surface area contributed by atoms with E-state index in [4.69, 9.17) is 21.1 Å². The van der Waals surface area contributed by atoms with E-state index in [0.717, 1.165) is 56.9 Å². The van der Waals surface area contributed by atoms with Crippen LogP contribution in [0.25, 0.3) is 0 Å². The molecule has 33 heavy (non-hydrogen) atoms. The molecule has 5 heteroatoms. The van der Waals surface area contributed by atoms with E-state index in [1.165, 1.54) is 38.5 Å². The van der Waals surface area contributed by atoms with Gasteiger partial charge in [0, 0.05) is 24.3 Å². The van der Waals surface area contributed by atoms with Crippen molar-refractivity contribution in [1.82, 2.24) is 0 Å². The zero-order chi connectivity index (χ0) is 24.0. The van der Waals surface area contributed by atoms with Gasteiger partial charge in [-0.1, -0.05) is 101 Å². The molecular weight excluding hydrogens is 436 g/mol. The zero-order valence-corrected chi connectivity index (χ0v) is 21.5. The monoisotopic (exact) mass is 480 g/mol. The quantitative estimate of drug-likeness (QED) is 0.131. The van der Waals surface area contributed by atoms with Crippen molar-refractivity contribution in [2.45, 2.75) is 116 Å². The zero-order valence-electron chi connectivity index (χ0n) is 20.8. The molecule has 0 fully saturated rings. The summed E-state index contributed by atoms with van der Waals surface area (Å²) in [6, 6.07) is 7.60. The third-order valence-electron chi connectivity index (χ3n) is 5.84. The van der Waals surface area contributed by atoms with Crippen molar-refractivity contribution in [2.75, 3.05) is 13.2 Å². The number of benzene rings is 1. The molecule has 0 heterocycles. The Morgan fingerprint density at radius 2 is 1.09 bits per heavy atom. The number of ether oxygens (including phenoxy) is 2. The van der Waals surface area contributed by atoms with Gasteiger partial charge in [-0.05, 0) is 37.0 Å². The lowest BCUT2D eigenvalue weighted by molar-refractivity contribution is -0.144. The lowest BCUT2D eigenvalue weighted by Gasteiger charge is -2.06. The molecule has 0 aliphatic heterocycles. The minimum absolute atomic E-state index is 0.0562. The molecule has 0 amide bonds. The first-order valence-electron chi connectivity index (χ1n) is 13.2. The van der Waals surface area contributed by atoms with E-state index >= 15 is 0 Å². The molecule has 1 aromatic carbocycles. The molecule has 4 nitrogen and oxygen atoms in total. The second-order valence-electron chi connectivity index (χ2n) is 8.91. The normalized spacial score (nSPS) is 10.8. The average molecular weight is 481 g/mol. The summed E-state index contributed by atoms with van der Waals surface area (Å²) in [5, 5.41) is 0.713. The Morgan fingerprint density at radius 1 is 0.636 bits per heavy atom. The van der Waals surface area contributed by atoms with Crippen molar-refractivity contribution in [3.63, 3.8) is 0 Å². The van der Waals surface area contributed by atoms with Crippen LogP contribution < -0.4 is 0 Å². The molecule has 0 saturated heterocycles. The molecule has 1 rings (SSSR count). The van der Waals surface area contributed by atoms with Gasteiger partial charge in [-0.2, -0.15) is 0 Å². The van der Waals surface area contributed by atoms with Crippen molar-refractivity contribution in [1.29, 1.82) is 0 Å². The fraction of sp³-hybridized carbons (Fsp3) is 0.714. The third-order valence-corrected chi connectivity index (χ3v) is 6.09. The van der Waals surface area contributed by atoms with Crippen LogP contribution in [0.5, 0.6) is 0 Å². The molecule has 0 aliphatic carbocycles. The number of carbonyl (C=O) groups is 2. The van der Waals surface area contributed by atoms with Gasteiger partial charge in [0.05, 0.1) is 13.2 Å². The van der Waals surface area contributed by atoms with Crippen molar-refractivity contribution in [3.05, 3.63) is 34.9 Å². The minimum Gasteiger partial charge on any atom is -0.466 e. The number of esters is 2. The molecule has 0 atom stereocenters. The molecule has 0 aromatic heterocycles. The first kappa shape index (κ1) is 29.5. The maximum Gasteiger partial charge on any atom is 0.305 e. The molecule has 0 radical (unpaired) electrons. The number of carbonyl (C=O) groups excluding carboxylic acids is 2. The minimum atomic E-state index is -0.122. The highest BCUT2D eigenvalue weighted by atomic mass is 35.5. The van der Waals surface area contributed by atoms with E-state index in [9.17, 15) is 9.59 Å². The van der Waals surface area contributed by atoms with Crippen molar-refractivity contribution < 1.29 is 19.1 Å². The molecule has 0 N–H and O–H groups in total. The van der Waals surface area contributed by atoms with Gasteiger partial charge in [-0.3, -0.25) is 9.59 Å². The van der Waals surface area contributed by atoms with Gasteiger partial charge in [0.15, 0.2) is 0 Å². The van der Waals surface area contributed by atoms with Crippen molar-refractivity contribution in [2.24, 2.45) is 0 Å². The fourth-order valence-corrected chi connectivity index (χ4v) is 3.87. The summed E-state index contributed by atoms with van der Waals surface area (Å²) < 4.78 is 10.6. The average Bonchev–Trinajstić information content (AvgIpc) is 2.81. The van der Waals surface area contributed by atoms with Crippen molar-refractivity contribution >= 4 is 23.5 Å². The molecule has 0 saturated carbocycles. The largest absolute Gasteiger partial charge is 0.466 e. The Bertz CT molecular complexity index is 615. The number of hydrogen-bond acceptors (Lipinski definition) is 4. The summed E-state index contributed by atoms with van der Waals surface area (Å²) in [6.45, 7) is 3.22. The van der Waals surface area contributed by atoms with E-state index in [0.29, 0.717) is 37.5 Å². The summed E-state index contributed by atoms with van der Waals surface area (Å²) in [7, 11) is 0. The van der Waals surface area contributed by atoms with E-state index in [1.807, 2.05) is 24.3 Å². The second-order valence-corrected chi connectivity index (χ2v) is 9.35.